The van der Waals surface area contributed by atoms with E-state index in [-0.39, 0.29) is 47.0 Å². The van der Waals surface area contributed by atoms with Gasteiger partial charge in [0.15, 0.2) is 48.0 Å². The van der Waals surface area contributed by atoms with Gasteiger partial charge in [-0.1, -0.05) is 36.4 Å². The fourth-order valence-electron chi connectivity index (χ4n) is 3.30. The van der Waals surface area contributed by atoms with Gasteiger partial charge in [0.1, 0.15) is 10.3 Å². The Hall–Kier alpha value is -3.86. The average molecular weight is 545 g/mol. The van der Waals surface area contributed by atoms with Crippen LogP contribution < -0.4 is 20.1 Å². The van der Waals surface area contributed by atoms with Crippen LogP contribution in [-0.2, 0) is 9.59 Å². The number of nitrogens with one attached hydrogen (secondary N) is 2. The summed E-state index contributed by atoms with van der Waals surface area (Å²) in [7, 11) is 0. The van der Waals surface area contributed by atoms with Crippen LogP contribution >= 0.6 is 15.9 Å². The van der Waals surface area contributed by atoms with E-state index in [2.05, 4.69) is 36.5 Å². The molecule has 8 nitrogen and oxygen atoms in total. The van der Waals surface area contributed by atoms with Crippen molar-refractivity contribution >= 4 is 51.5 Å². The molecule has 0 unspecified atom stereocenters. The summed E-state index contributed by atoms with van der Waals surface area (Å²) in [6.07, 6.45) is 3.35. The number of ether oxygens (including phenoxy) is 2. The van der Waals surface area contributed by atoms with Crippen molar-refractivity contribution in [3.05, 3.63) is 69.0 Å². The predicted octanol–water partition coefficient (Wildman–Crippen LogP) is 4.65. The van der Waals surface area contributed by atoms with Gasteiger partial charge in [0.2, 0.25) is 0 Å². The molecule has 0 bridgehead atoms. The van der Waals surface area contributed by atoms with Crippen LogP contribution in [0.3, 0.4) is 0 Å². The fraction of sp³-hybridized carbons (Fsp3) is 0.167. The van der Waals surface area contributed by atoms with Gasteiger partial charge >= 0.3 is 0 Å². The first-order valence-corrected chi connectivity index (χ1v) is 11.2. The van der Waals surface area contributed by atoms with Gasteiger partial charge in [-0.25, -0.2) is 18.7 Å². The molecule has 2 aliphatic heterocycles. The van der Waals surface area contributed by atoms with Crippen LogP contribution in [0.15, 0.2) is 34.9 Å². The average Bonchev–Trinajstić information content (AvgIpc) is 2.85. The molecule has 0 spiro atoms. The molecule has 2 amide bonds. The Morgan fingerprint density at radius 3 is 2.00 bits per heavy atom. The van der Waals surface area contributed by atoms with E-state index in [9.17, 15) is 18.4 Å². The second-order valence-corrected chi connectivity index (χ2v) is 8.30. The number of pyridine rings is 2. The third-order valence-corrected chi connectivity index (χ3v) is 5.59. The largest absolute Gasteiger partial charge is 0.479 e. The molecular formula is C24H19BrF2N4O4. The van der Waals surface area contributed by atoms with Gasteiger partial charge in [0, 0.05) is 11.1 Å². The van der Waals surface area contributed by atoms with E-state index in [1.54, 1.807) is 26.0 Å². The zero-order valence-electron chi connectivity index (χ0n) is 18.6. The zero-order valence-corrected chi connectivity index (χ0v) is 20.2. The van der Waals surface area contributed by atoms with E-state index in [0.717, 1.165) is 5.56 Å². The molecule has 0 atom stereocenters. The first kappa shape index (κ1) is 24.3. The number of benzene rings is 1. The topological polar surface area (TPSA) is 102 Å². The number of aromatic nitrogens is 2. The highest BCUT2D eigenvalue weighted by atomic mass is 79.9. The van der Waals surface area contributed by atoms with Gasteiger partial charge in [-0.15, -0.1) is 0 Å². The molecule has 11 heteroatoms. The first-order chi connectivity index (χ1) is 16.7. The van der Waals surface area contributed by atoms with Crippen LogP contribution in [0.25, 0.3) is 12.2 Å². The minimum absolute atomic E-state index is 0.0690. The van der Waals surface area contributed by atoms with E-state index in [1.807, 2.05) is 30.3 Å². The molecule has 0 saturated carbocycles. The molecule has 180 valence electrons. The lowest BCUT2D eigenvalue weighted by Crippen LogP contribution is -2.27. The lowest BCUT2D eigenvalue weighted by molar-refractivity contribution is -0.119. The lowest BCUT2D eigenvalue weighted by Gasteiger charge is -2.19. The minimum atomic E-state index is -0.472. The zero-order chi connectivity index (χ0) is 25.1. The molecule has 3 aromatic rings. The number of fused-ring (bicyclic) bond motifs is 2. The SMILES string of the molecule is Cc1c(F)c(/C=C/c2ccccc2)nc2c1OCC(=O)N2.Cc1c(F)c(Br)nc2c1OCC(=O)N2. The van der Waals surface area contributed by atoms with Gasteiger partial charge in [-0.3, -0.25) is 9.59 Å². The number of nitrogens with zero attached hydrogens (tertiary/aromatic N) is 2. The molecule has 0 aliphatic carbocycles. The molecule has 5 rings (SSSR count). The van der Waals surface area contributed by atoms with E-state index in [1.165, 1.54) is 0 Å². The summed E-state index contributed by atoms with van der Waals surface area (Å²) in [5.74, 6) is -0.391. The highest BCUT2D eigenvalue weighted by Crippen LogP contribution is 2.34. The Balaban J connectivity index is 0.000000179. The van der Waals surface area contributed by atoms with Crippen molar-refractivity contribution in [1.29, 1.82) is 0 Å². The van der Waals surface area contributed by atoms with Crippen LogP contribution in [0, 0.1) is 25.5 Å². The summed E-state index contributed by atoms with van der Waals surface area (Å²) in [5.41, 5.74) is 1.78. The van der Waals surface area contributed by atoms with Gasteiger partial charge in [0.05, 0.1) is 0 Å². The maximum absolute atomic E-state index is 14.3. The predicted molar refractivity (Wildman–Crippen MR) is 129 cm³/mol. The molecule has 0 radical (unpaired) electrons. The van der Waals surface area contributed by atoms with E-state index >= 15 is 0 Å². The van der Waals surface area contributed by atoms with Crippen LogP contribution in [0.1, 0.15) is 22.4 Å². The minimum Gasteiger partial charge on any atom is -0.479 e. The van der Waals surface area contributed by atoms with Crippen molar-refractivity contribution in [3.8, 4) is 11.5 Å². The highest BCUT2D eigenvalue weighted by molar-refractivity contribution is 9.10. The van der Waals surface area contributed by atoms with Gasteiger partial charge in [-0.05, 0) is 41.4 Å². The smallest absolute Gasteiger partial charge is 0.263 e. The van der Waals surface area contributed by atoms with Crippen LogP contribution in [0.5, 0.6) is 11.5 Å². The van der Waals surface area contributed by atoms with Crippen molar-refractivity contribution in [2.75, 3.05) is 23.8 Å². The van der Waals surface area contributed by atoms with Crippen LogP contribution in [0.2, 0.25) is 0 Å². The third-order valence-electron chi connectivity index (χ3n) is 5.06. The summed E-state index contributed by atoms with van der Waals surface area (Å²) in [5, 5.41) is 5.09. The molecular weight excluding hydrogens is 526 g/mol. The molecule has 0 fully saturated rings. The summed E-state index contributed by atoms with van der Waals surface area (Å²) in [4.78, 5) is 30.2. The number of carbonyl (C=O) groups is 2. The summed E-state index contributed by atoms with van der Waals surface area (Å²) < 4.78 is 38.0. The van der Waals surface area contributed by atoms with Crippen LogP contribution in [0.4, 0.5) is 20.4 Å². The quantitative estimate of drug-likeness (QED) is 0.455. The van der Waals surface area contributed by atoms with Gasteiger partial charge < -0.3 is 20.1 Å². The van der Waals surface area contributed by atoms with E-state index < -0.39 is 11.6 Å². The monoisotopic (exact) mass is 544 g/mol. The number of halogens is 3. The second kappa shape index (κ2) is 10.2. The summed E-state index contributed by atoms with van der Waals surface area (Å²) in [6.45, 7) is 2.95. The number of rotatable bonds is 2. The van der Waals surface area contributed by atoms with Crippen molar-refractivity contribution in [3.63, 3.8) is 0 Å². The Morgan fingerprint density at radius 2 is 1.40 bits per heavy atom. The molecule has 0 saturated heterocycles. The van der Waals surface area contributed by atoms with Crippen molar-refractivity contribution in [1.82, 2.24) is 9.97 Å². The number of carbonyl (C=O) groups excluding carboxylic acids is 2. The summed E-state index contributed by atoms with van der Waals surface area (Å²) >= 11 is 2.95. The first-order valence-electron chi connectivity index (χ1n) is 10.4. The molecule has 2 aliphatic rings. The Bertz CT molecular complexity index is 1350. The van der Waals surface area contributed by atoms with Crippen molar-refractivity contribution in [2.24, 2.45) is 0 Å². The maximum atomic E-state index is 14.3. The maximum Gasteiger partial charge on any atom is 0.263 e. The van der Waals surface area contributed by atoms with Crippen molar-refractivity contribution in [2.45, 2.75) is 13.8 Å². The normalized spacial score (nSPS) is 14.0. The molecule has 1 aromatic carbocycles. The van der Waals surface area contributed by atoms with Crippen molar-refractivity contribution < 1.29 is 27.8 Å². The standard InChI is InChI=1S/C16H13FN2O2.C8H6BrFN2O2/c1-10-14(17)12(8-7-11-5-3-2-4-6-11)18-16-15(10)21-9-13(20)19-16;1-3-5(10)7(9)12-8-6(3)14-2-4(13)11-8/h2-8H,9H2,1H3,(H,18,19,20);2H2,1H3,(H,11,12,13)/b8-7+;. The Morgan fingerprint density at radius 1 is 0.857 bits per heavy atom. The Kier molecular flexibility index (Phi) is 7.06. The van der Waals surface area contributed by atoms with Crippen LogP contribution in [-0.4, -0.2) is 35.0 Å². The highest BCUT2D eigenvalue weighted by Gasteiger charge is 2.24. The Labute approximate surface area is 207 Å². The molecule has 4 heterocycles. The third kappa shape index (κ3) is 5.29. The number of hydrogen-bond donors (Lipinski definition) is 2. The fourth-order valence-corrected chi connectivity index (χ4v) is 3.78. The number of anilines is 2. The van der Waals surface area contributed by atoms with Gasteiger partial charge in [-0.2, -0.15) is 0 Å². The number of amides is 2. The molecule has 2 aromatic heterocycles. The molecule has 2 N–H and O–H groups in total. The van der Waals surface area contributed by atoms with E-state index in [4.69, 9.17) is 9.47 Å². The summed E-state index contributed by atoms with van der Waals surface area (Å²) in [6, 6.07) is 9.52. The lowest BCUT2D eigenvalue weighted by atomic mass is 10.1. The number of hydrogen-bond acceptors (Lipinski definition) is 6. The van der Waals surface area contributed by atoms with Gasteiger partial charge in [0.25, 0.3) is 11.8 Å². The molecule has 35 heavy (non-hydrogen) atoms. The second-order valence-electron chi connectivity index (χ2n) is 7.55. The van der Waals surface area contributed by atoms with E-state index in [0.29, 0.717) is 22.6 Å².